The number of anilines is 1. The van der Waals surface area contributed by atoms with E-state index in [1.807, 2.05) is 13.0 Å². The molecule has 0 amide bonds. The Morgan fingerprint density at radius 3 is 2.89 bits per heavy atom. The van der Waals surface area contributed by atoms with E-state index in [2.05, 4.69) is 4.98 Å². The lowest BCUT2D eigenvalue weighted by Gasteiger charge is -2.11. The summed E-state index contributed by atoms with van der Waals surface area (Å²) in [6, 6.07) is 6.57. The second kappa shape index (κ2) is 5.39. The van der Waals surface area contributed by atoms with E-state index in [1.165, 1.54) is 6.07 Å². The molecular weight excluding hydrogens is 244 g/mol. The number of nitrogens with two attached hydrogens (primary N) is 1. The summed E-state index contributed by atoms with van der Waals surface area (Å²) in [4.78, 5) is 15.1. The van der Waals surface area contributed by atoms with Gasteiger partial charge in [-0.1, -0.05) is 6.07 Å². The van der Waals surface area contributed by atoms with Crippen LogP contribution in [0.4, 0.5) is 5.69 Å². The smallest absolute Gasteiger partial charge is 0.339 e. The number of hydrogen-bond acceptors (Lipinski definition) is 4. The fraction of sp³-hybridized carbons (Fsp3) is 0.143. The topological polar surface area (TPSA) is 85.4 Å². The van der Waals surface area contributed by atoms with Crippen molar-refractivity contribution in [1.82, 2.24) is 4.98 Å². The second-order valence-electron chi connectivity index (χ2n) is 4.19. The molecule has 1 heterocycles. The van der Waals surface area contributed by atoms with Gasteiger partial charge in [0.05, 0.1) is 5.69 Å². The van der Waals surface area contributed by atoms with Crippen LogP contribution < -0.4 is 10.5 Å². The number of nitrogen functional groups attached to an aromatic ring is 1. The number of aromatic carboxylic acids is 1. The molecule has 0 saturated carbocycles. The van der Waals surface area contributed by atoms with Crippen LogP contribution in [0.15, 0.2) is 36.7 Å². The van der Waals surface area contributed by atoms with E-state index in [9.17, 15) is 4.79 Å². The van der Waals surface area contributed by atoms with Crippen LogP contribution in [0.5, 0.6) is 5.75 Å². The van der Waals surface area contributed by atoms with E-state index >= 15 is 0 Å². The Kier molecular flexibility index (Phi) is 3.66. The lowest BCUT2D eigenvalue weighted by atomic mass is 10.1. The Morgan fingerprint density at radius 2 is 2.21 bits per heavy atom. The first kappa shape index (κ1) is 12.9. The van der Waals surface area contributed by atoms with E-state index in [1.54, 1.807) is 24.5 Å². The van der Waals surface area contributed by atoms with Gasteiger partial charge in [0.15, 0.2) is 5.75 Å². The molecule has 0 aliphatic rings. The second-order valence-corrected chi connectivity index (χ2v) is 4.19. The molecule has 0 fully saturated rings. The van der Waals surface area contributed by atoms with Crippen molar-refractivity contribution in [2.75, 3.05) is 5.73 Å². The zero-order chi connectivity index (χ0) is 13.8. The van der Waals surface area contributed by atoms with E-state index in [0.29, 0.717) is 5.69 Å². The van der Waals surface area contributed by atoms with Crippen LogP contribution >= 0.6 is 0 Å². The Morgan fingerprint density at radius 1 is 1.42 bits per heavy atom. The van der Waals surface area contributed by atoms with Gasteiger partial charge in [0.25, 0.3) is 0 Å². The molecule has 1 aromatic carbocycles. The summed E-state index contributed by atoms with van der Waals surface area (Å²) in [5.41, 5.74) is 7.99. The Bertz CT molecular complexity index is 611. The number of nitrogens with zero attached hydrogens (tertiary/aromatic N) is 1. The number of benzene rings is 1. The van der Waals surface area contributed by atoms with Crippen molar-refractivity contribution in [3.8, 4) is 5.75 Å². The van der Waals surface area contributed by atoms with Crippen molar-refractivity contribution in [3.63, 3.8) is 0 Å². The SMILES string of the molecule is Cc1cncc(COc2c(N)cccc2C(=O)O)c1. The molecule has 0 aliphatic heterocycles. The number of hydrogen-bond donors (Lipinski definition) is 2. The molecule has 0 atom stereocenters. The van der Waals surface area contributed by atoms with Gasteiger partial charge >= 0.3 is 5.97 Å². The summed E-state index contributed by atoms with van der Waals surface area (Å²) in [5.74, 6) is -0.874. The largest absolute Gasteiger partial charge is 0.486 e. The Hall–Kier alpha value is -2.56. The van der Waals surface area contributed by atoms with E-state index in [0.717, 1.165) is 11.1 Å². The molecule has 98 valence electrons. The van der Waals surface area contributed by atoms with Crippen LogP contribution in [0.2, 0.25) is 0 Å². The number of para-hydroxylation sites is 1. The molecule has 3 N–H and O–H groups in total. The number of pyridine rings is 1. The van der Waals surface area contributed by atoms with Gasteiger partial charge < -0.3 is 15.6 Å². The predicted molar refractivity (Wildman–Crippen MR) is 71.1 cm³/mol. The van der Waals surface area contributed by atoms with Crippen molar-refractivity contribution < 1.29 is 14.6 Å². The number of aromatic nitrogens is 1. The fourth-order valence-corrected chi connectivity index (χ4v) is 1.74. The molecular formula is C14H14N2O3. The lowest BCUT2D eigenvalue weighted by Crippen LogP contribution is -2.06. The average molecular weight is 258 g/mol. The van der Waals surface area contributed by atoms with Crippen molar-refractivity contribution in [3.05, 3.63) is 53.3 Å². The maximum absolute atomic E-state index is 11.1. The summed E-state index contributed by atoms with van der Waals surface area (Å²) in [6.45, 7) is 2.15. The van der Waals surface area contributed by atoms with Crippen LogP contribution in [0.3, 0.4) is 0 Å². The normalized spacial score (nSPS) is 10.2. The van der Waals surface area contributed by atoms with E-state index < -0.39 is 5.97 Å². The molecule has 5 nitrogen and oxygen atoms in total. The van der Waals surface area contributed by atoms with Crippen LogP contribution in [0, 0.1) is 6.92 Å². The number of carboxylic acid groups (broad SMARTS) is 1. The molecule has 0 saturated heterocycles. The highest BCUT2D eigenvalue weighted by Gasteiger charge is 2.14. The Balaban J connectivity index is 2.22. The number of carbonyl (C=O) groups is 1. The van der Waals surface area contributed by atoms with Crippen molar-refractivity contribution in [1.29, 1.82) is 0 Å². The molecule has 5 heteroatoms. The minimum absolute atomic E-state index is 0.0561. The minimum atomic E-state index is -1.07. The van der Waals surface area contributed by atoms with Gasteiger partial charge in [0.1, 0.15) is 12.2 Å². The minimum Gasteiger partial charge on any atom is -0.486 e. The van der Waals surface area contributed by atoms with Crippen molar-refractivity contribution in [2.24, 2.45) is 0 Å². The number of aryl methyl sites for hydroxylation is 1. The highest BCUT2D eigenvalue weighted by Crippen LogP contribution is 2.27. The molecule has 0 unspecified atom stereocenters. The van der Waals surface area contributed by atoms with Gasteiger partial charge in [-0.2, -0.15) is 0 Å². The molecule has 0 spiro atoms. The first-order valence-electron chi connectivity index (χ1n) is 5.73. The summed E-state index contributed by atoms with van der Waals surface area (Å²) in [6.07, 6.45) is 3.41. The summed E-state index contributed by atoms with van der Waals surface area (Å²) < 4.78 is 5.52. The molecule has 19 heavy (non-hydrogen) atoms. The molecule has 0 aliphatic carbocycles. The standard InChI is InChI=1S/C14H14N2O3/c1-9-5-10(7-16-6-9)8-19-13-11(14(17)18)3-2-4-12(13)15/h2-7H,8,15H2,1H3,(H,17,18). The zero-order valence-corrected chi connectivity index (χ0v) is 10.5. The first-order chi connectivity index (χ1) is 9.08. The number of rotatable bonds is 4. The van der Waals surface area contributed by atoms with Crippen LogP contribution in [-0.2, 0) is 6.61 Å². The monoisotopic (exact) mass is 258 g/mol. The molecule has 1 aromatic heterocycles. The molecule has 2 rings (SSSR count). The number of carboxylic acids is 1. The quantitative estimate of drug-likeness (QED) is 0.821. The van der Waals surface area contributed by atoms with Gasteiger partial charge in [-0.05, 0) is 30.7 Å². The fourth-order valence-electron chi connectivity index (χ4n) is 1.74. The molecule has 0 radical (unpaired) electrons. The summed E-state index contributed by atoms with van der Waals surface area (Å²) >= 11 is 0. The van der Waals surface area contributed by atoms with Crippen LogP contribution in [-0.4, -0.2) is 16.1 Å². The zero-order valence-electron chi connectivity index (χ0n) is 10.5. The third-order valence-corrected chi connectivity index (χ3v) is 2.59. The molecule has 0 bridgehead atoms. The van der Waals surface area contributed by atoms with E-state index in [4.69, 9.17) is 15.6 Å². The average Bonchev–Trinajstić information content (AvgIpc) is 2.37. The van der Waals surface area contributed by atoms with Crippen LogP contribution in [0.25, 0.3) is 0 Å². The Labute approximate surface area is 110 Å². The van der Waals surface area contributed by atoms with Gasteiger partial charge in [0.2, 0.25) is 0 Å². The highest BCUT2D eigenvalue weighted by molar-refractivity contribution is 5.93. The third kappa shape index (κ3) is 3.01. The van der Waals surface area contributed by atoms with Gasteiger partial charge in [0, 0.05) is 18.0 Å². The maximum atomic E-state index is 11.1. The summed E-state index contributed by atoms with van der Waals surface area (Å²) in [7, 11) is 0. The van der Waals surface area contributed by atoms with Gasteiger partial charge in [-0.25, -0.2) is 4.79 Å². The van der Waals surface area contributed by atoms with Gasteiger partial charge in [-0.15, -0.1) is 0 Å². The van der Waals surface area contributed by atoms with Crippen molar-refractivity contribution in [2.45, 2.75) is 13.5 Å². The highest BCUT2D eigenvalue weighted by atomic mass is 16.5. The first-order valence-corrected chi connectivity index (χ1v) is 5.73. The van der Waals surface area contributed by atoms with Crippen LogP contribution in [0.1, 0.15) is 21.5 Å². The third-order valence-electron chi connectivity index (χ3n) is 2.59. The van der Waals surface area contributed by atoms with E-state index in [-0.39, 0.29) is 17.9 Å². The van der Waals surface area contributed by atoms with Gasteiger partial charge in [-0.3, -0.25) is 4.98 Å². The molecule has 2 aromatic rings. The number of ether oxygens (including phenoxy) is 1. The predicted octanol–water partition coefficient (Wildman–Crippen LogP) is 2.25. The maximum Gasteiger partial charge on any atom is 0.339 e. The lowest BCUT2D eigenvalue weighted by molar-refractivity contribution is 0.0692. The summed E-state index contributed by atoms with van der Waals surface area (Å²) in [5, 5.41) is 9.08. The van der Waals surface area contributed by atoms with Crippen molar-refractivity contribution >= 4 is 11.7 Å².